The number of rotatable bonds is 5. The quantitative estimate of drug-likeness (QED) is 0.904. The van der Waals surface area contributed by atoms with Gasteiger partial charge in [0, 0.05) is 30.6 Å². The van der Waals surface area contributed by atoms with E-state index in [1.54, 1.807) is 16.4 Å². The summed E-state index contributed by atoms with van der Waals surface area (Å²) >= 11 is 1.81. The van der Waals surface area contributed by atoms with E-state index in [0.29, 0.717) is 18.0 Å². The highest BCUT2D eigenvalue weighted by atomic mass is 32.2. The maximum Gasteiger partial charge on any atom is 0.243 e. The molecule has 0 bridgehead atoms. The van der Waals surface area contributed by atoms with E-state index in [9.17, 15) is 8.42 Å². The van der Waals surface area contributed by atoms with Crippen molar-refractivity contribution in [1.82, 2.24) is 9.62 Å². The lowest BCUT2D eigenvalue weighted by Crippen LogP contribution is -2.37. The van der Waals surface area contributed by atoms with E-state index >= 15 is 0 Å². The maximum absolute atomic E-state index is 12.5. The van der Waals surface area contributed by atoms with Gasteiger partial charge in [0.15, 0.2) is 0 Å². The Kier molecular flexibility index (Phi) is 5.49. The van der Waals surface area contributed by atoms with Crippen LogP contribution in [0.25, 0.3) is 0 Å². The number of nitrogens with one attached hydrogen (secondary N) is 1. The SMILES string of the molecule is CCNC(C)c1ccc(S(=O)(=O)N2CCSCC2)cc1. The summed E-state index contributed by atoms with van der Waals surface area (Å²) in [5, 5.41) is 3.32. The molecule has 1 heterocycles. The van der Waals surface area contributed by atoms with Gasteiger partial charge in [-0.1, -0.05) is 19.1 Å². The number of sulfonamides is 1. The lowest BCUT2D eigenvalue weighted by Gasteiger charge is -2.25. The predicted octanol–water partition coefficient (Wildman–Crippen LogP) is 2.09. The van der Waals surface area contributed by atoms with Crippen molar-refractivity contribution in [2.45, 2.75) is 24.8 Å². The summed E-state index contributed by atoms with van der Waals surface area (Å²) in [4.78, 5) is 0.400. The van der Waals surface area contributed by atoms with E-state index in [-0.39, 0.29) is 6.04 Å². The van der Waals surface area contributed by atoms with Crippen molar-refractivity contribution in [2.75, 3.05) is 31.1 Å². The minimum Gasteiger partial charge on any atom is -0.310 e. The summed E-state index contributed by atoms with van der Waals surface area (Å²) in [5.41, 5.74) is 1.11. The average Bonchev–Trinajstić information content (AvgIpc) is 2.48. The molecular weight excluding hydrogens is 292 g/mol. The van der Waals surface area contributed by atoms with Gasteiger partial charge < -0.3 is 5.32 Å². The molecule has 112 valence electrons. The van der Waals surface area contributed by atoms with Crippen LogP contribution in [0.15, 0.2) is 29.2 Å². The number of benzene rings is 1. The molecule has 0 aromatic heterocycles. The van der Waals surface area contributed by atoms with Gasteiger partial charge >= 0.3 is 0 Å². The minimum absolute atomic E-state index is 0.239. The largest absolute Gasteiger partial charge is 0.310 e. The highest BCUT2D eigenvalue weighted by molar-refractivity contribution is 7.99. The lowest BCUT2D eigenvalue weighted by molar-refractivity contribution is 0.443. The van der Waals surface area contributed by atoms with E-state index in [1.807, 2.05) is 23.9 Å². The fourth-order valence-corrected chi connectivity index (χ4v) is 4.86. The molecule has 4 nitrogen and oxygen atoms in total. The van der Waals surface area contributed by atoms with Crippen molar-refractivity contribution in [3.63, 3.8) is 0 Å². The summed E-state index contributed by atoms with van der Waals surface area (Å²) < 4.78 is 26.6. The van der Waals surface area contributed by atoms with Crippen LogP contribution >= 0.6 is 11.8 Å². The van der Waals surface area contributed by atoms with E-state index < -0.39 is 10.0 Å². The molecule has 1 aromatic rings. The van der Waals surface area contributed by atoms with E-state index in [2.05, 4.69) is 19.2 Å². The first-order chi connectivity index (χ1) is 9.55. The molecule has 1 aromatic carbocycles. The first kappa shape index (κ1) is 15.8. The van der Waals surface area contributed by atoms with Gasteiger partial charge in [-0.3, -0.25) is 0 Å². The molecule has 0 spiro atoms. The molecule has 1 aliphatic rings. The molecule has 0 saturated carbocycles. The number of hydrogen-bond donors (Lipinski definition) is 1. The number of thioether (sulfide) groups is 1. The fraction of sp³-hybridized carbons (Fsp3) is 0.571. The maximum atomic E-state index is 12.5. The molecule has 0 aliphatic carbocycles. The Hall–Kier alpha value is -0.560. The Morgan fingerprint density at radius 1 is 1.25 bits per heavy atom. The Bertz CT molecular complexity index is 523. The van der Waals surface area contributed by atoms with Crippen LogP contribution in [0.3, 0.4) is 0 Å². The summed E-state index contributed by atoms with van der Waals surface area (Å²) in [7, 11) is -3.32. The monoisotopic (exact) mass is 314 g/mol. The first-order valence-electron chi connectivity index (χ1n) is 6.97. The smallest absolute Gasteiger partial charge is 0.243 e. The Morgan fingerprint density at radius 3 is 2.40 bits per heavy atom. The van der Waals surface area contributed by atoms with Gasteiger partial charge in [-0.05, 0) is 31.2 Å². The third-order valence-electron chi connectivity index (χ3n) is 3.50. The topological polar surface area (TPSA) is 49.4 Å². The standard InChI is InChI=1S/C14H22N2O2S2/c1-3-15-12(2)13-4-6-14(7-5-13)20(17,18)16-8-10-19-11-9-16/h4-7,12,15H,3,8-11H2,1-2H3. The van der Waals surface area contributed by atoms with Crippen molar-refractivity contribution in [3.8, 4) is 0 Å². The number of nitrogens with zero attached hydrogens (tertiary/aromatic N) is 1. The molecule has 0 radical (unpaired) electrons. The van der Waals surface area contributed by atoms with Crippen molar-refractivity contribution in [3.05, 3.63) is 29.8 Å². The fourth-order valence-electron chi connectivity index (χ4n) is 2.29. The van der Waals surface area contributed by atoms with Crippen LogP contribution in [0.2, 0.25) is 0 Å². The summed E-state index contributed by atoms with van der Waals surface area (Å²) in [6.07, 6.45) is 0. The van der Waals surface area contributed by atoms with Gasteiger partial charge in [0.2, 0.25) is 10.0 Å². The van der Waals surface area contributed by atoms with E-state index in [0.717, 1.165) is 23.6 Å². The molecule has 1 N–H and O–H groups in total. The van der Waals surface area contributed by atoms with Crippen LogP contribution in [-0.4, -0.2) is 43.9 Å². The van der Waals surface area contributed by atoms with Crippen LogP contribution in [0.1, 0.15) is 25.5 Å². The lowest BCUT2D eigenvalue weighted by atomic mass is 10.1. The Labute approximate surface area is 126 Å². The van der Waals surface area contributed by atoms with Gasteiger partial charge in [-0.15, -0.1) is 0 Å². The molecule has 20 heavy (non-hydrogen) atoms. The van der Waals surface area contributed by atoms with Gasteiger partial charge in [0.05, 0.1) is 4.90 Å². The van der Waals surface area contributed by atoms with Crippen molar-refractivity contribution >= 4 is 21.8 Å². The Morgan fingerprint density at radius 2 is 1.85 bits per heavy atom. The third-order valence-corrected chi connectivity index (χ3v) is 6.35. The van der Waals surface area contributed by atoms with Crippen LogP contribution < -0.4 is 5.32 Å². The second kappa shape index (κ2) is 6.93. The average molecular weight is 314 g/mol. The van der Waals surface area contributed by atoms with Gasteiger partial charge in [0.25, 0.3) is 0 Å². The molecule has 1 saturated heterocycles. The van der Waals surface area contributed by atoms with Crippen LogP contribution in [0.5, 0.6) is 0 Å². The highest BCUT2D eigenvalue weighted by Gasteiger charge is 2.25. The zero-order valence-corrected chi connectivity index (χ0v) is 13.6. The molecule has 1 aliphatic heterocycles. The molecular formula is C14H22N2O2S2. The normalized spacial score (nSPS) is 18.9. The molecule has 0 amide bonds. The second-order valence-corrected chi connectivity index (χ2v) is 8.03. The van der Waals surface area contributed by atoms with Gasteiger partial charge in [-0.25, -0.2) is 8.42 Å². The highest BCUT2D eigenvalue weighted by Crippen LogP contribution is 2.22. The van der Waals surface area contributed by atoms with Crippen LogP contribution in [0, 0.1) is 0 Å². The molecule has 6 heteroatoms. The number of hydrogen-bond acceptors (Lipinski definition) is 4. The van der Waals surface area contributed by atoms with Crippen molar-refractivity contribution in [2.24, 2.45) is 0 Å². The van der Waals surface area contributed by atoms with E-state index in [1.165, 1.54) is 0 Å². The van der Waals surface area contributed by atoms with Crippen molar-refractivity contribution in [1.29, 1.82) is 0 Å². The summed E-state index contributed by atoms with van der Waals surface area (Å²) in [6, 6.07) is 7.49. The molecule has 1 unspecified atom stereocenters. The van der Waals surface area contributed by atoms with Crippen molar-refractivity contribution < 1.29 is 8.42 Å². The first-order valence-corrected chi connectivity index (χ1v) is 9.56. The van der Waals surface area contributed by atoms with Crippen LogP contribution in [0.4, 0.5) is 0 Å². The predicted molar refractivity (Wildman–Crippen MR) is 84.6 cm³/mol. The summed E-state index contributed by atoms with van der Waals surface area (Å²) in [6.45, 7) is 6.26. The molecule has 2 rings (SSSR count). The zero-order valence-electron chi connectivity index (χ0n) is 12.0. The van der Waals surface area contributed by atoms with Gasteiger partial charge in [0.1, 0.15) is 0 Å². The third kappa shape index (κ3) is 3.55. The minimum atomic E-state index is -3.32. The van der Waals surface area contributed by atoms with E-state index in [4.69, 9.17) is 0 Å². The summed E-state index contributed by atoms with van der Waals surface area (Å²) in [5.74, 6) is 1.77. The van der Waals surface area contributed by atoms with Gasteiger partial charge in [-0.2, -0.15) is 16.1 Å². The Balaban J connectivity index is 2.16. The van der Waals surface area contributed by atoms with Crippen LogP contribution in [-0.2, 0) is 10.0 Å². The zero-order chi connectivity index (χ0) is 14.6. The second-order valence-electron chi connectivity index (χ2n) is 4.86. The molecule has 1 fully saturated rings. The molecule has 1 atom stereocenters.